The molecule has 0 atom stereocenters. The summed E-state index contributed by atoms with van der Waals surface area (Å²) < 4.78 is 3.56. The lowest BCUT2D eigenvalue weighted by molar-refractivity contribution is 0.687. The molecule has 0 saturated carbocycles. The van der Waals surface area contributed by atoms with E-state index in [4.69, 9.17) is 5.73 Å². The van der Waals surface area contributed by atoms with Crippen LogP contribution in [0.25, 0.3) is 0 Å². The minimum Gasteiger partial charge on any atom is -0.383 e. The van der Waals surface area contributed by atoms with Gasteiger partial charge >= 0.3 is 0 Å². The Balaban J connectivity index is 2.30. The van der Waals surface area contributed by atoms with E-state index in [1.165, 1.54) is 0 Å². The summed E-state index contributed by atoms with van der Waals surface area (Å²) in [6.07, 6.45) is 3.55. The van der Waals surface area contributed by atoms with Crippen LogP contribution in [0.2, 0.25) is 0 Å². The standard InChI is InChI=1S/C10H10Br2N4/c1-6-9(12)10(13)16(15-6)5-7-2-8(11)4-14-3-7/h2-4H,5,13H2,1H3. The third-order valence-electron chi connectivity index (χ3n) is 2.19. The Morgan fingerprint density at radius 3 is 2.69 bits per heavy atom. The SMILES string of the molecule is Cc1nn(Cc2cncc(Br)c2)c(N)c1Br. The summed E-state index contributed by atoms with van der Waals surface area (Å²) in [4.78, 5) is 4.10. The fourth-order valence-corrected chi connectivity index (χ4v) is 2.11. The molecule has 0 aliphatic carbocycles. The van der Waals surface area contributed by atoms with Gasteiger partial charge in [0.25, 0.3) is 0 Å². The van der Waals surface area contributed by atoms with Crippen molar-refractivity contribution in [1.29, 1.82) is 0 Å². The van der Waals surface area contributed by atoms with E-state index in [0.717, 1.165) is 20.2 Å². The lowest BCUT2D eigenvalue weighted by Gasteiger charge is -2.04. The molecule has 2 N–H and O–H groups in total. The molecule has 0 fully saturated rings. The van der Waals surface area contributed by atoms with Gasteiger partial charge in [0.15, 0.2) is 0 Å². The molecule has 0 aliphatic rings. The number of nitrogen functional groups attached to an aromatic ring is 1. The highest BCUT2D eigenvalue weighted by atomic mass is 79.9. The van der Waals surface area contributed by atoms with Crippen molar-refractivity contribution in [3.05, 3.63) is 38.7 Å². The highest BCUT2D eigenvalue weighted by Gasteiger charge is 2.09. The summed E-state index contributed by atoms with van der Waals surface area (Å²) in [7, 11) is 0. The summed E-state index contributed by atoms with van der Waals surface area (Å²) in [6.45, 7) is 2.53. The lowest BCUT2D eigenvalue weighted by atomic mass is 10.3. The van der Waals surface area contributed by atoms with Crippen LogP contribution in [-0.2, 0) is 6.54 Å². The normalized spacial score (nSPS) is 10.7. The maximum Gasteiger partial charge on any atom is 0.136 e. The lowest BCUT2D eigenvalue weighted by Crippen LogP contribution is -2.06. The van der Waals surface area contributed by atoms with E-state index in [9.17, 15) is 0 Å². The van der Waals surface area contributed by atoms with E-state index in [1.807, 2.05) is 13.0 Å². The molecular formula is C10H10Br2N4. The molecular weight excluding hydrogens is 336 g/mol. The van der Waals surface area contributed by atoms with Crippen molar-refractivity contribution in [1.82, 2.24) is 14.8 Å². The van der Waals surface area contributed by atoms with Gasteiger partial charge in [-0.2, -0.15) is 5.10 Å². The predicted octanol–water partition coefficient (Wildman–Crippen LogP) is 2.74. The van der Waals surface area contributed by atoms with Gasteiger partial charge in [-0.3, -0.25) is 4.98 Å². The van der Waals surface area contributed by atoms with Gasteiger partial charge in [-0.25, -0.2) is 4.68 Å². The number of hydrogen-bond acceptors (Lipinski definition) is 3. The van der Waals surface area contributed by atoms with E-state index in [1.54, 1.807) is 17.1 Å². The molecule has 0 aliphatic heterocycles. The predicted molar refractivity (Wildman–Crippen MR) is 70.1 cm³/mol. The average molecular weight is 346 g/mol. The molecule has 6 heteroatoms. The molecule has 0 amide bonds. The molecule has 2 aromatic rings. The van der Waals surface area contributed by atoms with Crippen molar-refractivity contribution < 1.29 is 0 Å². The van der Waals surface area contributed by atoms with Crippen LogP contribution in [-0.4, -0.2) is 14.8 Å². The van der Waals surface area contributed by atoms with Crippen molar-refractivity contribution in [2.45, 2.75) is 13.5 Å². The third kappa shape index (κ3) is 2.27. The van der Waals surface area contributed by atoms with Crippen molar-refractivity contribution in [3.63, 3.8) is 0 Å². The first kappa shape index (κ1) is 11.6. The molecule has 2 aromatic heterocycles. The Morgan fingerprint density at radius 2 is 2.12 bits per heavy atom. The van der Waals surface area contributed by atoms with E-state index in [0.29, 0.717) is 12.4 Å². The number of hydrogen-bond donors (Lipinski definition) is 1. The zero-order valence-corrected chi connectivity index (χ0v) is 11.8. The number of aromatic nitrogens is 3. The molecule has 0 radical (unpaired) electrons. The van der Waals surface area contributed by atoms with Crippen LogP contribution in [0, 0.1) is 6.92 Å². The van der Waals surface area contributed by atoms with Gasteiger partial charge in [-0.05, 0) is 50.4 Å². The quantitative estimate of drug-likeness (QED) is 0.910. The Bertz CT molecular complexity index is 522. The smallest absolute Gasteiger partial charge is 0.136 e. The van der Waals surface area contributed by atoms with Crippen molar-refractivity contribution in [2.24, 2.45) is 0 Å². The van der Waals surface area contributed by atoms with Gasteiger partial charge in [-0.15, -0.1) is 0 Å². The number of halogens is 2. The van der Waals surface area contributed by atoms with Crippen LogP contribution >= 0.6 is 31.9 Å². The number of nitrogens with two attached hydrogens (primary N) is 1. The summed E-state index contributed by atoms with van der Waals surface area (Å²) in [5.74, 6) is 0.637. The Hall–Kier alpha value is -0.880. The van der Waals surface area contributed by atoms with Crippen LogP contribution < -0.4 is 5.73 Å². The van der Waals surface area contributed by atoms with Crippen LogP contribution in [0.3, 0.4) is 0 Å². The first-order valence-corrected chi connectivity index (χ1v) is 6.24. The molecule has 0 unspecified atom stereocenters. The molecule has 0 spiro atoms. The van der Waals surface area contributed by atoms with Crippen molar-refractivity contribution in [3.8, 4) is 0 Å². The van der Waals surface area contributed by atoms with Crippen LogP contribution in [0.1, 0.15) is 11.3 Å². The molecule has 84 valence electrons. The van der Waals surface area contributed by atoms with Gasteiger partial charge < -0.3 is 5.73 Å². The monoisotopic (exact) mass is 344 g/mol. The van der Waals surface area contributed by atoms with Gasteiger partial charge in [0.05, 0.1) is 16.7 Å². The molecule has 0 bridgehead atoms. The van der Waals surface area contributed by atoms with E-state index < -0.39 is 0 Å². The fraction of sp³-hybridized carbons (Fsp3) is 0.200. The largest absolute Gasteiger partial charge is 0.383 e. The minimum absolute atomic E-state index is 0.616. The number of rotatable bonds is 2. The fourth-order valence-electron chi connectivity index (χ4n) is 1.41. The maximum absolute atomic E-state index is 5.91. The average Bonchev–Trinajstić information content (AvgIpc) is 2.47. The second-order valence-corrected chi connectivity index (χ2v) is 5.16. The van der Waals surface area contributed by atoms with Gasteiger partial charge in [-0.1, -0.05) is 0 Å². The van der Waals surface area contributed by atoms with Crippen LogP contribution in [0.5, 0.6) is 0 Å². The van der Waals surface area contributed by atoms with Crippen molar-refractivity contribution in [2.75, 3.05) is 5.73 Å². The Morgan fingerprint density at radius 1 is 1.38 bits per heavy atom. The highest BCUT2D eigenvalue weighted by Crippen LogP contribution is 2.23. The molecule has 0 saturated heterocycles. The topological polar surface area (TPSA) is 56.7 Å². The van der Waals surface area contributed by atoms with Crippen LogP contribution in [0.15, 0.2) is 27.4 Å². The van der Waals surface area contributed by atoms with Gasteiger partial charge in [0.1, 0.15) is 5.82 Å². The summed E-state index contributed by atoms with van der Waals surface area (Å²) in [5.41, 5.74) is 7.85. The molecule has 16 heavy (non-hydrogen) atoms. The van der Waals surface area contributed by atoms with E-state index >= 15 is 0 Å². The molecule has 2 rings (SSSR count). The Labute approximate surface area is 110 Å². The highest BCUT2D eigenvalue weighted by molar-refractivity contribution is 9.10. The number of anilines is 1. The zero-order valence-electron chi connectivity index (χ0n) is 8.61. The van der Waals surface area contributed by atoms with Crippen molar-refractivity contribution >= 4 is 37.7 Å². The first-order chi connectivity index (χ1) is 7.58. The molecule has 0 aromatic carbocycles. The second-order valence-electron chi connectivity index (χ2n) is 3.45. The number of nitrogens with zero attached hydrogens (tertiary/aromatic N) is 3. The first-order valence-electron chi connectivity index (χ1n) is 4.65. The van der Waals surface area contributed by atoms with Gasteiger partial charge in [0, 0.05) is 16.9 Å². The molecule has 2 heterocycles. The van der Waals surface area contributed by atoms with E-state index in [2.05, 4.69) is 41.9 Å². The molecule has 4 nitrogen and oxygen atoms in total. The van der Waals surface area contributed by atoms with Crippen LogP contribution in [0.4, 0.5) is 5.82 Å². The maximum atomic E-state index is 5.91. The Kier molecular flexibility index (Phi) is 3.30. The second kappa shape index (κ2) is 4.55. The zero-order chi connectivity index (χ0) is 11.7. The van der Waals surface area contributed by atoms with Gasteiger partial charge in [0.2, 0.25) is 0 Å². The van der Waals surface area contributed by atoms with E-state index in [-0.39, 0.29) is 0 Å². The third-order valence-corrected chi connectivity index (χ3v) is 3.60. The number of aryl methyl sites for hydroxylation is 1. The number of pyridine rings is 1. The minimum atomic E-state index is 0.616. The summed E-state index contributed by atoms with van der Waals surface area (Å²) in [6, 6.07) is 2.00. The summed E-state index contributed by atoms with van der Waals surface area (Å²) in [5, 5.41) is 4.34. The summed E-state index contributed by atoms with van der Waals surface area (Å²) >= 11 is 6.78.